The highest BCUT2D eigenvalue weighted by atomic mass is 32.2. The second-order valence-corrected chi connectivity index (χ2v) is 9.58. The number of ether oxygens (including phenoxy) is 1. The van der Waals surface area contributed by atoms with Crippen molar-refractivity contribution in [2.45, 2.75) is 32.4 Å². The van der Waals surface area contributed by atoms with Crippen LogP contribution in [-0.4, -0.2) is 68.5 Å². The second-order valence-electron chi connectivity index (χ2n) is 7.36. The normalized spacial score (nSPS) is 18.7. The lowest BCUT2D eigenvalue weighted by Gasteiger charge is -2.24. The average molecular weight is 426 g/mol. The quantitative estimate of drug-likeness (QED) is 0.629. The van der Waals surface area contributed by atoms with Crippen LogP contribution in [0.1, 0.15) is 20.3 Å². The Balaban J connectivity index is 1.87. The molecule has 0 aromatic heterocycles. The van der Waals surface area contributed by atoms with E-state index in [1.807, 2.05) is 6.07 Å². The molecule has 2 rings (SSSR count). The molecule has 1 aliphatic rings. The molecule has 29 heavy (non-hydrogen) atoms. The van der Waals surface area contributed by atoms with E-state index in [2.05, 4.69) is 10.6 Å². The summed E-state index contributed by atoms with van der Waals surface area (Å²) in [7, 11) is -1.63. The van der Waals surface area contributed by atoms with E-state index in [-0.39, 0.29) is 17.4 Å². The Hall–Kier alpha value is -2.62. The van der Waals surface area contributed by atoms with E-state index >= 15 is 0 Å². The van der Waals surface area contributed by atoms with E-state index in [1.54, 1.807) is 38.1 Å². The number of sulfone groups is 1. The van der Waals surface area contributed by atoms with Gasteiger partial charge in [-0.25, -0.2) is 18.0 Å². The van der Waals surface area contributed by atoms with Gasteiger partial charge in [-0.2, -0.15) is 0 Å². The fourth-order valence-corrected chi connectivity index (χ4v) is 4.71. The Bertz CT molecular complexity index is 841. The summed E-state index contributed by atoms with van der Waals surface area (Å²) in [6.45, 7) is 2.97. The summed E-state index contributed by atoms with van der Waals surface area (Å²) in [5.74, 6) is -1.53. The van der Waals surface area contributed by atoms with Gasteiger partial charge in [-0.15, -0.1) is 0 Å². The first-order chi connectivity index (χ1) is 13.6. The van der Waals surface area contributed by atoms with E-state index < -0.39 is 46.4 Å². The van der Waals surface area contributed by atoms with Crippen LogP contribution in [0.25, 0.3) is 0 Å². The molecular weight excluding hydrogens is 398 g/mol. The predicted octanol–water partition coefficient (Wildman–Crippen LogP) is 1.02. The van der Waals surface area contributed by atoms with Crippen LogP contribution in [0.15, 0.2) is 30.3 Å². The third-order valence-electron chi connectivity index (χ3n) is 4.73. The lowest BCUT2D eigenvalue weighted by Crippen LogP contribution is -2.48. The fourth-order valence-electron chi connectivity index (χ4n) is 2.94. The highest BCUT2D eigenvalue weighted by Crippen LogP contribution is 2.16. The molecule has 1 heterocycles. The Labute approximate surface area is 170 Å². The zero-order valence-corrected chi connectivity index (χ0v) is 17.6. The van der Waals surface area contributed by atoms with Crippen LogP contribution in [-0.2, 0) is 24.2 Å². The molecule has 0 aliphatic carbocycles. The molecule has 0 spiro atoms. The Morgan fingerprint density at radius 3 is 2.41 bits per heavy atom. The number of carbonyl (C=O) groups excluding carboxylic acids is 3. The van der Waals surface area contributed by atoms with Crippen molar-refractivity contribution in [3.63, 3.8) is 0 Å². The summed E-state index contributed by atoms with van der Waals surface area (Å²) >= 11 is 0. The van der Waals surface area contributed by atoms with Gasteiger partial charge in [-0.1, -0.05) is 32.0 Å². The van der Waals surface area contributed by atoms with Crippen molar-refractivity contribution in [1.29, 1.82) is 0 Å². The Morgan fingerprint density at radius 2 is 1.86 bits per heavy atom. The number of likely N-dealkylation sites (N-methyl/N-ethyl adjacent to an activating group) is 1. The van der Waals surface area contributed by atoms with Gasteiger partial charge < -0.3 is 20.3 Å². The number of carbonyl (C=O) groups is 3. The van der Waals surface area contributed by atoms with Crippen molar-refractivity contribution in [1.82, 2.24) is 10.2 Å². The highest BCUT2D eigenvalue weighted by molar-refractivity contribution is 7.91. The first-order valence-corrected chi connectivity index (χ1v) is 11.2. The largest absolute Gasteiger partial charge is 0.454 e. The summed E-state index contributed by atoms with van der Waals surface area (Å²) in [5, 5.41) is 5.17. The third kappa shape index (κ3) is 6.74. The number of amides is 3. The second kappa shape index (κ2) is 9.73. The van der Waals surface area contributed by atoms with Gasteiger partial charge in [0.15, 0.2) is 16.4 Å². The van der Waals surface area contributed by atoms with Gasteiger partial charge in [0.05, 0.1) is 11.5 Å². The van der Waals surface area contributed by atoms with E-state index in [9.17, 15) is 22.8 Å². The van der Waals surface area contributed by atoms with Gasteiger partial charge in [0.2, 0.25) is 0 Å². The lowest BCUT2D eigenvalue weighted by atomic mass is 10.1. The van der Waals surface area contributed by atoms with Crippen LogP contribution in [0.3, 0.4) is 0 Å². The number of benzene rings is 1. The first-order valence-electron chi connectivity index (χ1n) is 9.34. The van der Waals surface area contributed by atoms with Crippen LogP contribution in [0.4, 0.5) is 10.5 Å². The van der Waals surface area contributed by atoms with Gasteiger partial charge in [0, 0.05) is 18.8 Å². The zero-order chi connectivity index (χ0) is 21.6. The highest BCUT2D eigenvalue weighted by Gasteiger charge is 2.33. The molecule has 0 bridgehead atoms. The summed E-state index contributed by atoms with van der Waals surface area (Å²) in [4.78, 5) is 38.1. The average Bonchev–Trinajstić information content (AvgIpc) is 3.03. The fraction of sp³-hybridized carbons (Fsp3) is 0.526. The SMILES string of the molecule is CC(C)[C@H](NC(=O)Nc1ccccc1)C(=O)OCC(=O)N(C)[C@@H]1CCS(=O)(=O)C1. The molecule has 1 saturated heterocycles. The molecule has 9 nitrogen and oxygen atoms in total. The molecule has 0 unspecified atom stereocenters. The van der Waals surface area contributed by atoms with Crippen LogP contribution >= 0.6 is 0 Å². The monoisotopic (exact) mass is 425 g/mol. The lowest BCUT2D eigenvalue weighted by molar-refractivity contribution is -0.154. The third-order valence-corrected chi connectivity index (χ3v) is 6.48. The number of esters is 1. The number of hydrogen-bond acceptors (Lipinski definition) is 6. The van der Waals surface area contributed by atoms with Crippen molar-refractivity contribution in [2.24, 2.45) is 5.92 Å². The zero-order valence-electron chi connectivity index (χ0n) is 16.8. The number of anilines is 1. The number of para-hydroxylation sites is 1. The Kier molecular flexibility index (Phi) is 7.60. The molecule has 1 aromatic rings. The number of nitrogens with zero attached hydrogens (tertiary/aromatic N) is 1. The van der Waals surface area contributed by atoms with Crippen molar-refractivity contribution in [3.05, 3.63) is 30.3 Å². The smallest absolute Gasteiger partial charge is 0.329 e. The maximum atomic E-state index is 12.4. The van der Waals surface area contributed by atoms with Crippen LogP contribution in [0.2, 0.25) is 0 Å². The van der Waals surface area contributed by atoms with E-state index in [1.165, 1.54) is 11.9 Å². The summed E-state index contributed by atoms with van der Waals surface area (Å²) in [6, 6.07) is 6.84. The van der Waals surface area contributed by atoms with Crippen LogP contribution in [0, 0.1) is 5.92 Å². The van der Waals surface area contributed by atoms with Gasteiger partial charge in [-0.3, -0.25) is 4.79 Å². The van der Waals surface area contributed by atoms with Gasteiger partial charge in [0.25, 0.3) is 5.91 Å². The molecule has 0 radical (unpaired) electrons. The van der Waals surface area contributed by atoms with Gasteiger partial charge in [0.1, 0.15) is 6.04 Å². The minimum atomic E-state index is -3.13. The number of rotatable bonds is 7. The molecule has 1 aliphatic heterocycles. The van der Waals surface area contributed by atoms with Crippen molar-refractivity contribution >= 4 is 33.4 Å². The number of urea groups is 1. The summed E-state index contributed by atoms with van der Waals surface area (Å²) in [6.07, 6.45) is 0.369. The van der Waals surface area contributed by atoms with Gasteiger partial charge >= 0.3 is 12.0 Å². The van der Waals surface area contributed by atoms with E-state index in [0.29, 0.717) is 12.1 Å². The van der Waals surface area contributed by atoms with Crippen molar-refractivity contribution in [3.8, 4) is 0 Å². The van der Waals surface area contributed by atoms with E-state index in [0.717, 1.165) is 0 Å². The van der Waals surface area contributed by atoms with Crippen LogP contribution in [0.5, 0.6) is 0 Å². The molecule has 3 amide bonds. The summed E-state index contributed by atoms with van der Waals surface area (Å²) < 4.78 is 28.2. The van der Waals surface area contributed by atoms with Crippen molar-refractivity contribution < 1.29 is 27.5 Å². The standard InChI is InChI=1S/C19H27N3O6S/c1-13(2)17(21-19(25)20-14-7-5-4-6-8-14)18(24)28-11-16(23)22(3)15-9-10-29(26,27)12-15/h4-8,13,15,17H,9-12H2,1-3H3,(H2,20,21,25)/t15-,17+/m1/s1. The maximum absolute atomic E-state index is 12.4. The Morgan fingerprint density at radius 1 is 1.21 bits per heavy atom. The maximum Gasteiger partial charge on any atom is 0.329 e. The summed E-state index contributed by atoms with van der Waals surface area (Å²) in [5.41, 5.74) is 0.573. The van der Waals surface area contributed by atoms with E-state index in [4.69, 9.17) is 4.74 Å². The molecule has 160 valence electrons. The minimum Gasteiger partial charge on any atom is -0.454 e. The molecule has 10 heteroatoms. The molecule has 1 fully saturated rings. The molecule has 1 aromatic carbocycles. The van der Waals surface area contributed by atoms with Crippen LogP contribution < -0.4 is 10.6 Å². The molecule has 2 atom stereocenters. The molecular formula is C19H27N3O6S. The first kappa shape index (κ1) is 22.7. The predicted molar refractivity (Wildman–Crippen MR) is 108 cm³/mol. The van der Waals surface area contributed by atoms with Gasteiger partial charge in [-0.05, 0) is 24.5 Å². The number of nitrogens with one attached hydrogen (secondary N) is 2. The number of hydrogen-bond donors (Lipinski definition) is 2. The molecule has 0 saturated carbocycles. The molecule has 2 N–H and O–H groups in total. The van der Waals surface area contributed by atoms with Crippen molar-refractivity contribution in [2.75, 3.05) is 30.5 Å². The minimum absolute atomic E-state index is 0.0466. The topological polar surface area (TPSA) is 122 Å².